The molecule has 2 aromatic heterocycles. The molecule has 0 amide bonds. The summed E-state index contributed by atoms with van der Waals surface area (Å²) in [5.41, 5.74) is 0. The zero-order valence-electron chi connectivity index (χ0n) is 7.58. The maximum absolute atomic E-state index is 12.5. The SMILES string of the molecule is Fc1cnc(NCc2cc(Br)cs2)nc1. The summed E-state index contributed by atoms with van der Waals surface area (Å²) in [7, 11) is 0. The van der Waals surface area contributed by atoms with E-state index in [0.29, 0.717) is 12.5 Å². The van der Waals surface area contributed by atoms with E-state index < -0.39 is 5.82 Å². The second kappa shape index (κ2) is 4.67. The van der Waals surface area contributed by atoms with Gasteiger partial charge in [-0.3, -0.25) is 0 Å². The van der Waals surface area contributed by atoms with Crippen LogP contribution in [0.25, 0.3) is 0 Å². The highest BCUT2D eigenvalue weighted by atomic mass is 79.9. The van der Waals surface area contributed by atoms with Gasteiger partial charge in [0, 0.05) is 14.7 Å². The number of anilines is 1. The predicted molar refractivity (Wildman–Crippen MR) is 61.3 cm³/mol. The topological polar surface area (TPSA) is 37.8 Å². The van der Waals surface area contributed by atoms with Crippen molar-refractivity contribution in [3.63, 3.8) is 0 Å². The van der Waals surface area contributed by atoms with Crippen molar-refractivity contribution in [3.05, 3.63) is 39.0 Å². The minimum absolute atomic E-state index is 0.431. The van der Waals surface area contributed by atoms with Crippen molar-refractivity contribution in [1.29, 1.82) is 0 Å². The summed E-state index contributed by atoms with van der Waals surface area (Å²) in [5, 5.41) is 5.00. The fourth-order valence-corrected chi connectivity index (χ4v) is 2.41. The minimum atomic E-state index is -0.431. The molecule has 0 fully saturated rings. The molecular weight excluding hydrogens is 281 g/mol. The Morgan fingerprint density at radius 2 is 2.13 bits per heavy atom. The van der Waals surface area contributed by atoms with Crippen LogP contribution in [0.1, 0.15) is 4.88 Å². The van der Waals surface area contributed by atoms with Crippen LogP contribution >= 0.6 is 27.3 Å². The number of rotatable bonds is 3. The van der Waals surface area contributed by atoms with Crippen LogP contribution in [0, 0.1) is 5.82 Å². The molecule has 6 heteroatoms. The molecule has 0 bridgehead atoms. The minimum Gasteiger partial charge on any atom is -0.349 e. The highest BCUT2D eigenvalue weighted by Gasteiger charge is 1.99. The van der Waals surface area contributed by atoms with Crippen molar-refractivity contribution in [3.8, 4) is 0 Å². The first kappa shape index (κ1) is 10.5. The first-order valence-corrected chi connectivity index (χ1v) is 5.85. The number of halogens is 2. The van der Waals surface area contributed by atoms with Crippen LogP contribution in [0.3, 0.4) is 0 Å². The third-order valence-corrected chi connectivity index (χ3v) is 3.36. The largest absolute Gasteiger partial charge is 0.349 e. The van der Waals surface area contributed by atoms with Crippen molar-refractivity contribution < 1.29 is 4.39 Å². The second-order valence-corrected chi connectivity index (χ2v) is 4.72. The molecule has 0 saturated heterocycles. The van der Waals surface area contributed by atoms with Gasteiger partial charge in [-0.05, 0) is 22.0 Å². The molecule has 15 heavy (non-hydrogen) atoms. The van der Waals surface area contributed by atoms with E-state index in [-0.39, 0.29) is 0 Å². The van der Waals surface area contributed by atoms with Crippen LogP contribution in [0.4, 0.5) is 10.3 Å². The molecule has 0 spiro atoms. The van der Waals surface area contributed by atoms with Gasteiger partial charge in [0.25, 0.3) is 0 Å². The predicted octanol–water partition coefficient (Wildman–Crippen LogP) is 3.05. The third kappa shape index (κ3) is 2.97. The average molecular weight is 288 g/mol. The van der Waals surface area contributed by atoms with Gasteiger partial charge >= 0.3 is 0 Å². The highest BCUT2D eigenvalue weighted by molar-refractivity contribution is 9.10. The number of aromatic nitrogens is 2. The van der Waals surface area contributed by atoms with E-state index in [1.807, 2.05) is 11.4 Å². The summed E-state index contributed by atoms with van der Waals surface area (Å²) in [6.45, 7) is 0.641. The van der Waals surface area contributed by atoms with Gasteiger partial charge in [-0.2, -0.15) is 0 Å². The quantitative estimate of drug-likeness (QED) is 0.943. The van der Waals surface area contributed by atoms with Gasteiger partial charge in [0.15, 0.2) is 5.82 Å². The smallest absolute Gasteiger partial charge is 0.223 e. The summed E-state index contributed by atoms with van der Waals surface area (Å²) in [6.07, 6.45) is 2.28. The number of nitrogens with one attached hydrogen (secondary N) is 1. The molecule has 0 saturated carbocycles. The molecule has 78 valence electrons. The van der Waals surface area contributed by atoms with Crippen LogP contribution in [0.15, 0.2) is 28.3 Å². The molecule has 3 nitrogen and oxygen atoms in total. The zero-order valence-corrected chi connectivity index (χ0v) is 9.98. The third-order valence-electron chi connectivity index (χ3n) is 1.66. The fraction of sp³-hybridized carbons (Fsp3) is 0.111. The monoisotopic (exact) mass is 287 g/mol. The normalized spacial score (nSPS) is 10.3. The lowest BCUT2D eigenvalue weighted by molar-refractivity contribution is 0.614. The summed E-state index contributed by atoms with van der Waals surface area (Å²) >= 11 is 5.00. The van der Waals surface area contributed by atoms with Gasteiger partial charge in [0.1, 0.15) is 0 Å². The standard InChI is InChI=1S/C9H7BrFN3S/c10-6-1-8(15-5-6)4-14-9-12-2-7(11)3-13-9/h1-3,5H,4H2,(H,12,13,14). The summed E-state index contributed by atoms with van der Waals surface area (Å²) in [5.74, 6) is 0.000315. The number of hydrogen-bond acceptors (Lipinski definition) is 4. The van der Waals surface area contributed by atoms with Gasteiger partial charge < -0.3 is 5.32 Å². The molecule has 0 atom stereocenters. The lowest BCUT2D eigenvalue weighted by atomic mass is 10.5. The fourth-order valence-electron chi connectivity index (χ4n) is 1.02. The Balaban J connectivity index is 1.96. The number of thiophene rings is 1. The van der Waals surface area contributed by atoms with Crippen molar-refractivity contribution >= 4 is 33.2 Å². The molecule has 0 aromatic carbocycles. The molecule has 2 aromatic rings. The molecule has 2 rings (SSSR count). The number of hydrogen-bond donors (Lipinski definition) is 1. The van der Waals surface area contributed by atoms with E-state index in [1.165, 1.54) is 0 Å². The summed E-state index contributed by atoms with van der Waals surface area (Å²) in [4.78, 5) is 8.75. The van der Waals surface area contributed by atoms with Crippen LogP contribution in [-0.4, -0.2) is 9.97 Å². The first-order chi connectivity index (χ1) is 7.24. The average Bonchev–Trinajstić information content (AvgIpc) is 2.64. The van der Waals surface area contributed by atoms with Crippen molar-refractivity contribution in [2.75, 3.05) is 5.32 Å². The van der Waals surface area contributed by atoms with E-state index in [9.17, 15) is 4.39 Å². The van der Waals surface area contributed by atoms with Crippen LogP contribution in [-0.2, 0) is 6.54 Å². The Morgan fingerprint density at radius 1 is 1.40 bits per heavy atom. The van der Waals surface area contributed by atoms with Crippen LogP contribution in [0.2, 0.25) is 0 Å². The van der Waals surface area contributed by atoms with Crippen LogP contribution in [0.5, 0.6) is 0 Å². The van der Waals surface area contributed by atoms with Gasteiger partial charge in [0.2, 0.25) is 5.95 Å². The lowest BCUT2D eigenvalue weighted by Gasteiger charge is -2.01. The Hall–Kier alpha value is -1.01. The molecule has 1 N–H and O–H groups in total. The molecule has 2 heterocycles. The van der Waals surface area contributed by atoms with Gasteiger partial charge in [-0.25, -0.2) is 14.4 Å². The zero-order chi connectivity index (χ0) is 10.7. The van der Waals surface area contributed by atoms with Gasteiger partial charge in [-0.15, -0.1) is 11.3 Å². The Morgan fingerprint density at radius 3 is 2.73 bits per heavy atom. The Labute approximate surface area is 98.5 Å². The van der Waals surface area contributed by atoms with E-state index in [2.05, 4.69) is 31.2 Å². The molecule has 0 unspecified atom stereocenters. The molecular formula is C9H7BrFN3S. The molecule has 0 aliphatic heterocycles. The van der Waals surface area contributed by atoms with E-state index >= 15 is 0 Å². The number of nitrogens with zero attached hydrogens (tertiary/aromatic N) is 2. The first-order valence-electron chi connectivity index (χ1n) is 4.18. The van der Waals surface area contributed by atoms with E-state index in [0.717, 1.165) is 21.7 Å². The van der Waals surface area contributed by atoms with E-state index in [1.54, 1.807) is 11.3 Å². The van der Waals surface area contributed by atoms with Gasteiger partial charge in [0.05, 0.1) is 18.9 Å². The lowest BCUT2D eigenvalue weighted by Crippen LogP contribution is -2.01. The summed E-state index contributed by atoms with van der Waals surface area (Å²) in [6, 6.07) is 2.02. The molecule has 0 aliphatic carbocycles. The van der Waals surface area contributed by atoms with Crippen molar-refractivity contribution in [1.82, 2.24) is 9.97 Å². The van der Waals surface area contributed by atoms with Crippen molar-refractivity contribution in [2.24, 2.45) is 0 Å². The van der Waals surface area contributed by atoms with Crippen molar-refractivity contribution in [2.45, 2.75) is 6.54 Å². The molecule has 0 aliphatic rings. The second-order valence-electron chi connectivity index (χ2n) is 2.81. The van der Waals surface area contributed by atoms with E-state index in [4.69, 9.17) is 0 Å². The molecule has 0 radical (unpaired) electrons. The maximum atomic E-state index is 12.5. The van der Waals surface area contributed by atoms with Crippen LogP contribution < -0.4 is 5.32 Å². The maximum Gasteiger partial charge on any atom is 0.223 e. The Kier molecular flexibility index (Phi) is 3.27. The van der Waals surface area contributed by atoms with Gasteiger partial charge in [-0.1, -0.05) is 0 Å². The highest BCUT2D eigenvalue weighted by Crippen LogP contribution is 2.20. The Bertz CT molecular complexity index is 443. The summed E-state index contributed by atoms with van der Waals surface area (Å²) < 4.78 is 13.6.